The number of nitrogens with two attached hydrogens (primary N) is 1. The van der Waals surface area contributed by atoms with Crippen molar-refractivity contribution in [3.8, 4) is 0 Å². The Bertz CT molecular complexity index is 468. The van der Waals surface area contributed by atoms with Crippen molar-refractivity contribution in [2.24, 2.45) is 0 Å². The fourth-order valence-electron chi connectivity index (χ4n) is 1.29. The molecule has 0 aromatic carbocycles. The van der Waals surface area contributed by atoms with E-state index in [0.29, 0.717) is 36.5 Å². The van der Waals surface area contributed by atoms with Gasteiger partial charge < -0.3 is 15.0 Å². The van der Waals surface area contributed by atoms with Gasteiger partial charge in [-0.1, -0.05) is 12.1 Å². The van der Waals surface area contributed by atoms with Gasteiger partial charge in [0, 0.05) is 12.0 Å². The second-order valence-electron chi connectivity index (χ2n) is 3.51. The van der Waals surface area contributed by atoms with Crippen LogP contribution < -0.4 is 5.73 Å². The molecule has 0 aliphatic rings. The second-order valence-corrected chi connectivity index (χ2v) is 4.40. The molecule has 0 fully saturated rings. The zero-order valence-corrected chi connectivity index (χ0v) is 10.4. The lowest BCUT2D eigenvalue weighted by Crippen LogP contribution is -1.96. The Kier molecular flexibility index (Phi) is 4.05. The smallest absolute Gasteiger partial charge is 0.232 e. The van der Waals surface area contributed by atoms with Crippen LogP contribution in [-0.2, 0) is 17.8 Å². The summed E-state index contributed by atoms with van der Waals surface area (Å²) in [6.07, 6.45) is 1.48. The summed E-state index contributed by atoms with van der Waals surface area (Å²) in [5.74, 6) is 1.10. The molecule has 7 heteroatoms. The highest BCUT2D eigenvalue weighted by Crippen LogP contribution is 2.14. The molecule has 0 aliphatic heterocycles. The first-order chi connectivity index (χ1) is 8.28. The molecular weight excluding hydrogens is 240 g/mol. The lowest BCUT2D eigenvalue weighted by atomic mass is 10.3. The van der Waals surface area contributed by atoms with Gasteiger partial charge >= 0.3 is 0 Å². The Morgan fingerprint density at radius 1 is 1.47 bits per heavy atom. The fourth-order valence-corrected chi connectivity index (χ4v) is 1.85. The predicted molar refractivity (Wildman–Crippen MR) is 63.6 cm³/mol. The van der Waals surface area contributed by atoms with E-state index in [4.69, 9.17) is 15.0 Å². The standard InChI is InChI=1S/C10H14N4O2S/c1-2-3-15-5-8-13-9(16-14-8)4-7-6-17-10(11)12-7/h6H,2-5H2,1H3,(H2,11,12). The molecular formula is C10H14N4O2S. The topological polar surface area (TPSA) is 87.1 Å². The zero-order chi connectivity index (χ0) is 12.1. The predicted octanol–water partition coefficient (Wildman–Crippen LogP) is 1.63. The second kappa shape index (κ2) is 5.74. The zero-order valence-electron chi connectivity index (χ0n) is 9.55. The van der Waals surface area contributed by atoms with Crippen molar-refractivity contribution in [3.05, 3.63) is 22.8 Å². The Balaban J connectivity index is 1.89. The van der Waals surface area contributed by atoms with Crippen LogP contribution in [0.1, 0.15) is 30.8 Å². The van der Waals surface area contributed by atoms with Gasteiger partial charge in [0.25, 0.3) is 0 Å². The van der Waals surface area contributed by atoms with Gasteiger partial charge in [-0.05, 0) is 6.42 Å². The summed E-state index contributed by atoms with van der Waals surface area (Å²) < 4.78 is 10.4. The third-order valence-electron chi connectivity index (χ3n) is 1.99. The van der Waals surface area contributed by atoms with Crippen LogP contribution in [0.4, 0.5) is 5.13 Å². The summed E-state index contributed by atoms with van der Waals surface area (Å²) in [5, 5.41) is 6.25. The molecule has 0 saturated carbocycles. The minimum atomic E-state index is 0.385. The van der Waals surface area contributed by atoms with Crippen LogP contribution in [0.2, 0.25) is 0 Å². The number of rotatable bonds is 6. The Morgan fingerprint density at radius 2 is 2.35 bits per heavy atom. The molecule has 17 heavy (non-hydrogen) atoms. The largest absolute Gasteiger partial charge is 0.375 e. The Hall–Kier alpha value is -1.47. The maximum absolute atomic E-state index is 5.54. The average Bonchev–Trinajstić information content (AvgIpc) is 2.90. The summed E-state index contributed by atoms with van der Waals surface area (Å²) in [6.45, 7) is 3.14. The third kappa shape index (κ3) is 3.50. The molecule has 0 aliphatic carbocycles. The van der Waals surface area contributed by atoms with Crippen molar-refractivity contribution in [3.63, 3.8) is 0 Å². The third-order valence-corrected chi connectivity index (χ3v) is 2.71. The average molecular weight is 254 g/mol. The monoisotopic (exact) mass is 254 g/mol. The summed E-state index contributed by atoms with van der Waals surface area (Å²) >= 11 is 1.40. The van der Waals surface area contributed by atoms with Crippen molar-refractivity contribution < 1.29 is 9.26 Å². The van der Waals surface area contributed by atoms with E-state index in [9.17, 15) is 0 Å². The molecule has 0 unspecified atom stereocenters. The lowest BCUT2D eigenvalue weighted by Gasteiger charge is -1.95. The van der Waals surface area contributed by atoms with Gasteiger partial charge in [0.2, 0.25) is 5.89 Å². The molecule has 0 saturated heterocycles. The van der Waals surface area contributed by atoms with Crippen molar-refractivity contribution in [2.45, 2.75) is 26.4 Å². The molecule has 6 nitrogen and oxygen atoms in total. The molecule has 2 heterocycles. The number of hydrogen-bond acceptors (Lipinski definition) is 7. The Labute approximate surface area is 103 Å². The molecule has 0 atom stereocenters. The number of hydrogen-bond donors (Lipinski definition) is 1. The molecule has 2 rings (SSSR count). The van der Waals surface area contributed by atoms with Gasteiger partial charge in [0.15, 0.2) is 11.0 Å². The van der Waals surface area contributed by atoms with E-state index in [-0.39, 0.29) is 0 Å². The first kappa shape index (κ1) is 12.0. The quantitative estimate of drug-likeness (QED) is 0.788. The SMILES string of the molecule is CCCOCc1noc(Cc2csc(N)n2)n1. The number of aromatic nitrogens is 3. The van der Waals surface area contributed by atoms with Crippen LogP contribution >= 0.6 is 11.3 Å². The number of anilines is 1. The van der Waals surface area contributed by atoms with Crippen LogP contribution in [0.25, 0.3) is 0 Å². The van der Waals surface area contributed by atoms with Crippen LogP contribution in [0, 0.1) is 0 Å². The van der Waals surface area contributed by atoms with Gasteiger partial charge in [-0.2, -0.15) is 4.98 Å². The highest BCUT2D eigenvalue weighted by atomic mass is 32.1. The highest BCUT2D eigenvalue weighted by Gasteiger charge is 2.09. The molecule has 0 bridgehead atoms. The molecule has 0 radical (unpaired) electrons. The molecule has 2 N–H and O–H groups in total. The fraction of sp³-hybridized carbons (Fsp3) is 0.500. The highest BCUT2D eigenvalue weighted by molar-refractivity contribution is 7.13. The van der Waals surface area contributed by atoms with Gasteiger partial charge in [-0.25, -0.2) is 4.98 Å². The maximum atomic E-state index is 5.54. The van der Waals surface area contributed by atoms with Gasteiger partial charge in [-0.3, -0.25) is 0 Å². The maximum Gasteiger partial charge on any atom is 0.232 e. The van der Waals surface area contributed by atoms with E-state index in [1.807, 2.05) is 12.3 Å². The van der Waals surface area contributed by atoms with Crippen molar-refractivity contribution in [2.75, 3.05) is 12.3 Å². The summed E-state index contributed by atoms with van der Waals surface area (Å²) in [7, 11) is 0. The normalized spacial score (nSPS) is 10.9. The van der Waals surface area contributed by atoms with Crippen LogP contribution in [-0.4, -0.2) is 21.7 Å². The Morgan fingerprint density at radius 3 is 3.06 bits per heavy atom. The number of ether oxygens (including phenoxy) is 1. The van der Waals surface area contributed by atoms with E-state index < -0.39 is 0 Å². The first-order valence-corrected chi connectivity index (χ1v) is 6.25. The molecule has 0 amide bonds. The molecule has 92 valence electrons. The van der Waals surface area contributed by atoms with Crippen molar-refractivity contribution in [1.82, 2.24) is 15.1 Å². The van der Waals surface area contributed by atoms with Crippen LogP contribution in [0.3, 0.4) is 0 Å². The number of nitrogen functional groups attached to an aromatic ring is 1. The summed E-state index contributed by atoms with van der Waals surface area (Å²) in [6, 6.07) is 0. The van der Waals surface area contributed by atoms with Crippen molar-refractivity contribution >= 4 is 16.5 Å². The lowest BCUT2D eigenvalue weighted by molar-refractivity contribution is 0.114. The number of nitrogens with zero attached hydrogens (tertiary/aromatic N) is 3. The van der Waals surface area contributed by atoms with Crippen LogP contribution in [0.15, 0.2) is 9.90 Å². The van der Waals surface area contributed by atoms with Gasteiger partial charge in [0.1, 0.15) is 6.61 Å². The minimum Gasteiger partial charge on any atom is -0.375 e. The molecule has 2 aromatic heterocycles. The first-order valence-electron chi connectivity index (χ1n) is 5.37. The van der Waals surface area contributed by atoms with E-state index in [1.165, 1.54) is 11.3 Å². The summed E-state index contributed by atoms with van der Waals surface area (Å²) in [4.78, 5) is 8.34. The summed E-state index contributed by atoms with van der Waals surface area (Å²) in [5.41, 5.74) is 6.38. The van der Waals surface area contributed by atoms with Crippen LogP contribution in [0.5, 0.6) is 0 Å². The van der Waals surface area contributed by atoms with E-state index >= 15 is 0 Å². The minimum absolute atomic E-state index is 0.385. The van der Waals surface area contributed by atoms with E-state index in [0.717, 1.165) is 12.1 Å². The molecule has 2 aromatic rings. The molecule has 0 spiro atoms. The van der Waals surface area contributed by atoms with Gasteiger partial charge in [0.05, 0.1) is 12.1 Å². The van der Waals surface area contributed by atoms with Crippen molar-refractivity contribution in [1.29, 1.82) is 0 Å². The van der Waals surface area contributed by atoms with E-state index in [1.54, 1.807) is 0 Å². The van der Waals surface area contributed by atoms with E-state index in [2.05, 4.69) is 15.1 Å². The number of thiazole rings is 1. The van der Waals surface area contributed by atoms with Gasteiger partial charge in [-0.15, -0.1) is 11.3 Å².